The van der Waals surface area contributed by atoms with Gasteiger partial charge in [-0.3, -0.25) is 14.9 Å². The number of benzene rings is 2. The Morgan fingerprint density at radius 2 is 1.73 bits per heavy atom. The third-order valence-corrected chi connectivity index (χ3v) is 3.95. The number of anilines is 1. The van der Waals surface area contributed by atoms with Gasteiger partial charge in [0, 0.05) is 0 Å². The Bertz CT molecular complexity index is 983. The highest BCUT2D eigenvalue weighted by atomic mass is 16.6. The van der Waals surface area contributed by atoms with Gasteiger partial charge in [0.05, 0.1) is 29.7 Å². The molecule has 1 amide bonds. The monoisotopic (exact) mass is 413 g/mol. The summed E-state index contributed by atoms with van der Waals surface area (Å²) < 4.78 is 15.5. The van der Waals surface area contributed by atoms with Gasteiger partial charge >= 0.3 is 5.97 Å². The van der Waals surface area contributed by atoms with Crippen LogP contribution in [0.5, 0.6) is 11.5 Å². The summed E-state index contributed by atoms with van der Waals surface area (Å²) in [6.45, 7) is 2.77. The number of nitrogens with one attached hydrogen (secondary N) is 1. The largest absolute Gasteiger partial charge is 0.496 e. The molecule has 0 aromatic heterocycles. The van der Waals surface area contributed by atoms with Crippen molar-refractivity contribution >= 4 is 23.3 Å². The molecule has 0 aliphatic heterocycles. The number of nitro benzene ring substituents is 1. The van der Waals surface area contributed by atoms with Gasteiger partial charge in [0.2, 0.25) is 0 Å². The molecule has 0 heterocycles. The van der Waals surface area contributed by atoms with E-state index >= 15 is 0 Å². The molecule has 2 aromatic rings. The predicted molar refractivity (Wildman–Crippen MR) is 105 cm³/mol. The van der Waals surface area contributed by atoms with Crippen LogP contribution in [-0.2, 0) is 14.3 Å². The van der Waals surface area contributed by atoms with E-state index in [4.69, 9.17) is 19.5 Å². The van der Waals surface area contributed by atoms with Crippen molar-refractivity contribution < 1.29 is 28.7 Å². The first-order chi connectivity index (χ1) is 14.2. The highest BCUT2D eigenvalue weighted by molar-refractivity contribution is 5.97. The molecule has 2 aromatic carbocycles. The van der Waals surface area contributed by atoms with Crippen molar-refractivity contribution in [1.82, 2.24) is 0 Å². The van der Waals surface area contributed by atoms with Crippen molar-refractivity contribution in [3.05, 3.63) is 58.1 Å². The lowest BCUT2D eigenvalue weighted by Crippen LogP contribution is -2.35. The molecule has 2 atom stereocenters. The molecule has 0 saturated carbocycles. The summed E-state index contributed by atoms with van der Waals surface area (Å²) in [6.07, 6.45) is -2.25. The molecule has 0 aliphatic carbocycles. The maximum atomic E-state index is 12.3. The number of hydrogen-bond donors (Lipinski definition) is 1. The highest BCUT2D eigenvalue weighted by Gasteiger charge is 2.25. The molecule has 2 rings (SSSR count). The molecule has 0 saturated heterocycles. The summed E-state index contributed by atoms with van der Waals surface area (Å²) >= 11 is 0. The van der Waals surface area contributed by atoms with E-state index in [1.807, 2.05) is 6.07 Å². The Morgan fingerprint density at radius 3 is 2.30 bits per heavy atom. The lowest BCUT2D eigenvalue weighted by Gasteiger charge is -2.18. The van der Waals surface area contributed by atoms with Gasteiger partial charge in [0.15, 0.2) is 12.2 Å². The second kappa shape index (κ2) is 9.88. The molecule has 0 aliphatic rings. The summed E-state index contributed by atoms with van der Waals surface area (Å²) in [5, 5.41) is 22.3. The van der Waals surface area contributed by atoms with E-state index in [-0.39, 0.29) is 17.1 Å². The van der Waals surface area contributed by atoms with Crippen LogP contribution in [0, 0.1) is 21.4 Å². The zero-order chi connectivity index (χ0) is 22.3. The molecule has 0 unspecified atom stereocenters. The van der Waals surface area contributed by atoms with Crippen LogP contribution in [0.15, 0.2) is 42.5 Å². The SMILES string of the molecule is COc1ccc(NC(=O)[C@H](C)OC(=O)[C@@H](C)Oc2ccc(C#N)cc2)c([N+](=O)[O-])c1. The maximum absolute atomic E-state index is 12.3. The number of nitro groups is 1. The van der Waals surface area contributed by atoms with Gasteiger partial charge in [-0.05, 0) is 50.2 Å². The molecule has 30 heavy (non-hydrogen) atoms. The number of carbonyl (C=O) groups excluding carboxylic acids is 2. The lowest BCUT2D eigenvalue weighted by molar-refractivity contribution is -0.384. The number of hydrogen-bond acceptors (Lipinski definition) is 8. The first-order valence-corrected chi connectivity index (χ1v) is 8.75. The van der Waals surface area contributed by atoms with E-state index in [0.29, 0.717) is 11.3 Å². The average molecular weight is 413 g/mol. The fourth-order valence-electron chi connectivity index (χ4n) is 2.31. The van der Waals surface area contributed by atoms with Gasteiger partial charge in [0.1, 0.15) is 17.2 Å². The van der Waals surface area contributed by atoms with E-state index in [2.05, 4.69) is 5.32 Å². The molecule has 0 fully saturated rings. The maximum Gasteiger partial charge on any atom is 0.347 e. The molecule has 1 N–H and O–H groups in total. The van der Waals surface area contributed by atoms with Gasteiger partial charge in [0.25, 0.3) is 11.6 Å². The first-order valence-electron chi connectivity index (χ1n) is 8.75. The normalized spacial score (nSPS) is 12.1. The number of ether oxygens (including phenoxy) is 3. The second-order valence-corrected chi connectivity index (χ2v) is 6.10. The van der Waals surface area contributed by atoms with Crippen molar-refractivity contribution in [3.8, 4) is 17.6 Å². The minimum absolute atomic E-state index is 0.0596. The Kier molecular flexibility index (Phi) is 7.30. The number of methoxy groups -OCH3 is 1. The molecular formula is C20H19N3O7. The summed E-state index contributed by atoms with van der Waals surface area (Å²) in [5.74, 6) is -0.939. The van der Waals surface area contributed by atoms with Crippen molar-refractivity contribution in [2.45, 2.75) is 26.1 Å². The molecule has 10 nitrogen and oxygen atoms in total. The Morgan fingerprint density at radius 1 is 1.10 bits per heavy atom. The van der Waals surface area contributed by atoms with Crippen LogP contribution >= 0.6 is 0 Å². The fourth-order valence-corrected chi connectivity index (χ4v) is 2.31. The fraction of sp³-hybridized carbons (Fsp3) is 0.250. The molecule has 156 valence electrons. The Balaban J connectivity index is 1.98. The smallest absolute Gasteiger partial charge is 0.347 e. The quantitative estimate of drug-likeness (QED) is 0.396. The summed E-state index contributed by atoms with van der Waals surface area (Å²) in [4.78, 5) is 35.0. The summed E-state index contributed by atoms with van der Waals surface area (Å²) in [7, 11) is 1.36. The van der Waals surface area contributed by atoms with Gasteiger partial charge in [-0.25, -0.2) is 4.79 Å². The van der Waals surface area contributed by atoms with Crippen molar-refractivity contribution in [2.75, 3.05) is 12.4 Å². The molecule has 0 radical (unpaired) electrons. The van der Waals surface area contributed by atoms with Crippen molar-refractivity contribution in [3.63, 3.8) is 0 Å². The zero-order valence-corrected chi connectivity index (χ0v) is 16.4. The van der Waals surface area contributed by atoms with Gasteiger partial charge in [-0.2, -0.15) is 5.26 Å². The van der Waals surface area contributed by atoms with Crippen LogP contribution in [0.1, 0.15) is 19.4 Å². The van der Waals surface area contributed by atoms with Crippen LogP contribution in [0.4, 0.5) is 11.4 Å². The van der Waals surface area contributed by atoms with Gasteiger partial charge in [-0.1, -0.05) is 0 Å². The van der Waals surface area contributed by atoms with E-state index in [1.54, 1.807) is 0 Å². The molecular weight excluding hydrogens is 394 g/mol. The lowest BCUT2D eigenvalue weighted by atomic mass is 10.2. The van der Waals surface area contributed by atoms with Crippen LogP contribution in [-0.4, -0.2) is 36.1 Å². The standard InChI is InChI=1S/C20H19N3O7/c1-12(19(24)22-17-9-8-16(28-3)10-18(17)23(26)27)30-20(25)13(2)29-15-6-4-14(11-21)5-7-15/h4-10,12-13H,1-3H3,(H,22,24)/t12-,13+/m0/s1. The minimum atomic E-state index is -1.23. The van der Waals surface area contributed by atoms with E-state index in [1.165, 1.54) is 63.4 Å². The number of rotatable bonds is 8. The van der Waals surface area contributed by atoms with Crippen LogP contribution in [0.25, 0.3) is 0 Å². The highest BCUT2D eigenvalue weighted by Crippen LogP contribution is 2.29. The Hall–Kier alpha value is -4.13. The third kappa shape index (κ3) is 5.68. The van der Waals surface area contributed by atoms with E-state index < -0.39 is 29.0 Å². The number of nitrogens with zero attached hydrogens (tertiary/aromatic N) is 2. The number of esters is 1. The van der Waals surface area contributed by atoms with Crippen molar-refractivity contribution in [1.29, 1.82) is 5.26 Å². The zero-order valence-electron chi connectivity index (χ0n) is 16.4. The predicted octanol–water partition coefficient (Wildman–Crippen LogP) is 2.81. The van der Waals surface area contributed by atoms with Crippen LogP contribution in [0.3, 0.4) is 0 Å². The molecule has 10 heteroatoms. The van der Waals surface area contributed by atoms with E-state index in [0.717, 1.165) is 0 Å². The van der Waals surface area contributed by atoms with Crippen LogP contribution in [0.2, 0.25) is 0 Å². The van der Waals surface area contributed by atoms with E-state index in [9.17, 15) is 19.7 Å². The summed E-state index contributed by atoms with van der Waals surface area (Å²) in [6, 6.07) is 12.0. The van der Waals surface area contributed by atoms with Gasteiger partial charge < -0.3 is 19.5 Å². The average Bonchev–Trinajstić information content (AvgIpc) is 2.74. The first kappa shape index (κ1) is 22.2. The van der Waals surface area contributed by atoms with Gasteiger partial charge in [-0.15, -0.1) is 0 Å². The summed E-state index contributed by atoms with van der Waals surface area (Å²) in [5.41, 5.74) is 0.0184. The van der Waals surface area contributed by atoms with Crippen LogP contribution < -0.4 is 14.8 Å². The Labute approximate surface area is 172 Å². The second-order valence-electron chi connectivity index (χ2n) is 6.10. The topological polar surface area (TPSA) is 141 Å². The number of amides is 1. The number of nitriles is 1. The number of carbonyl (C=O) groups is 2. The molecule has 0 spiro atoms. The molecule has 0 bridgehead atoms. The minimum Gasteiger partial charge on any atom is -0.496 e. The third-order valence-electron chi connectivity index (χ3n) is 3.95. The van der Waals surface area contributed by atoms with Crippen molar-refractivity contribution in [2.24, 2.45) is 0 Å².